The van der Waals surface area contributed by atoms with E-state index in [0.29, 0.717) is 5.75 Å². The Morgan fingerprint density at radius 1 is 1.36 bits per heavy atom. The quantitative estimate of drug-likeness (QED) is 0.743. The second kappa shape index (κ2) is 4.42. The summed E-state index contributed by atoms with van der Waals surface area (Å²) in [6.07, 6.45) is 1.73. The first-order valence-electron chi connectivity index (χ1n) is 5.07. The van der Waals surface area contributed by atoms with Gasteiger partial charge in [-0.15, -0.1) is 0 Å². The van der Waals surface area contributed by atoms with Crippen LogP contribution in [0.3, 0.4) is 0 Å². The monoisotopic (exact) mass is 195 g/mol. The second-order valence-electron chi connectivity index (χ2n) is 3.88. The number of aromatic nitrogens is 1. The van der Waals surface area contributed by atoms with E-state index < -0.39 is 0 Å². The summed E-state index contributed by atoms with van der Waals surface area (Å²) in [6.45, 7) is 7.20. The lowest BCUT2D eigenvalue weighted by molar-refractivity contribution is -0.919. The first kappa shape index (κ1) is 11.0. The highest BCUT2D eigenvalue weighted by Crippen LogP contribution is 2.17. The van der Waals surface area contributed by atoms with Crippen LogP contribution in [0.5, 0.6) is 5.75 Å². The summed E-state index contributed by atoms with van der Waals surface area (Å²) in [5, 5.41) is 9.59. The maximum atomic E-state index is 9.59. The third kappa shape index (κ3) is 2.45. The smallest absolute Gasteiger partial charge is 0.142 e. The van der Waals surface area contributed by atoms with Crippen molar-refractivity contribution in [3.8, 4) is 5.75 Å². The molecule has 0 atom stereocenters. The molecule has 0 aliphatic rings. The molecule has 0 aliphatic heterocycles. The van der Waals surface area contributed by atoms with E-state index in [1.165, 1.54) is 0 Å². The van der Waals surface area contributed by atoms with Gasteiger partial charge in [0.25, 0.3) is 0 Å². The Morgan fingerprint density at radius 2 is 2.00 bits per heavy atom. The van der Waals surface area contributed by atoms with Gasteiger partial charge in [-0.05, 0) is 26.0 Å². The Kier molecular flexibility index (Phi) is 3.47. The van der Waals surface area contributed by atoms with Crippen molar-refractivity contribution in [2.75, 3.05) is 20.1 Å². The minimum absolute atomic E-state index is 0.304. The van der Waals surface area contributed by atoms with Crippen LogP contribution >= 0.6 is 0 Å². The Morgan fingerprint density at radius 3 is 2.50 bits per heavy atom. The molecular weight excluding hydrogens is 176 g/mol. The van der Waals surface area contributed by atoms with Gasteiger partial charge < -0.3 is 9.59 Å². The molecule has 1 heterocycles. The topological polar surface area (TPSA) is 33.1 Å². The lowest BCUT2D eigenvalue weighted by atomic mass is 10.2. The van der Waals surface area contributed by atoms with E-state index >= 15 is 0 Å². The third-order valence-electron chi connectivity index (χ3n) is 2.92. The van der Waals surface area contributed by atoms with Crippen LogP contribution < -0.4 is 0 Å². The molecule has 0 saturated carbocycles. The highest BCUT2D eigenvalue weighted by atomic mass is 16.3. The number of pyridine rings is 1. The molecule has 1 N–H and O–H groups in total. The highest BCUT2D eigenvalue weighted by Gasteiger charge is 2.19. The van der Waals surface area contributed by atoms with E-state index in [9.17, 15) is 5.11 Å². The van der Waals surface area contributed by atoms with Gasteiger partial charge in [-0.1, -0.05) is 0 Å². The molecule has 3 heteroatoms. The van der Waals surface area contributed by atoms with E-state index in [4.69, 9.17) is 0 Å². The third-order valence-corrected chi connectivity index (χ3v) is 2.92. The zero-order valence-corrected chi connectivity index (χ0v) is 9.20. The summed E-state index contributed by atoms with van der Waals surface area (Å²) in [7, 11) is 2.17. The Balaban J connectivity index is 2.82. The van der Waals surface area contributed by atoms with Gasteiger partial charge in [-0.25, -0.2) is 0 Å². The molecule has 0 unspecified atom stereocenters. The number of rotatable bonds is 4. The molecular formula is C11H19N2O+. The molecule has 0 fully saturated rings. The van der Waals surface area contributed by atoms with Gasteiger partial charge in [-0.3, -0.25) is 4.98 Å². The average molecular weight is 195 g/mol. The van der Waals surface area contributed by atoms with E-state index in [1.807, 2.05) is 0 Å². The molecule has 1 rings (SSSR count). The summed E-state index contributed by atoms with van der Waals surface area (Å²) in [4.78, 5) is 4.19. The highest BCUT2D eigenvalue weighted by molar-refractivity contribution is 5.23. The fourth-order valence-corrected chi connectivity index (χ4v) is 1.36. The molecule has 14 heavy (non-hydrogen) atoms. The molecule has 0 spiro atoms. The zero-order valence-electron chi connectivity index (χ0n) is 9.20. The number of hydrogen-bond acceptors (Lipinski definition) is 2. The molecule has 78 valence electrons. The fourth-order valence-electron chi connectivity index (χ4n) is 1.36. The van der Waals surface area contributed by atoms with Crippen molar-refractivity contribution in [1.29, 1.82) is 0 Å². The van der Waals surface area contributed by atoms with Crippen molar-refractivity contribution in [3.05, 3.63) is 24.0 Å². The van der Waals surface area contributed by atoms with Crippen LogP contribution in [0, 0.1) is 0 Å². The van der Waals surface area contributed by atoms with Gasteiger partial charge in [0.1, 0.15) is 18.0 Å². The lowest BCUT2D eigenvalue weighted by Gasteiger charge is -2.31. The summed E-state index contributed by atoms with van der Waals surface area (Å²) < 4.78 is 0.907. The van der Waals surface area contributed by atoms with Crippen molar-refractivity contribution < 1.29 is 9.59 Å². The van der Waals surface area contributed by atoms with Crippen LogP contribution in [0.1, 0.15) is 19.5 Å². The van der Waals surface area contributed by atoms with Gasteiger partial charge in [0.2, 0.25) is 0 Å². The SMILES string of the molecule is CC[N+](C)(CC)Cc1ncccc1O. The second-order valence-corrected chi connectivity index (χ2v) is 3.88. The van der Waals surface area contributed by atoms with E-state index in [2.05, 4.69) is 25.9 Å². The van der Waals surface area contributed by atoms with Crippen LogP contribution in [0.2, 0.25) is 0 Å². The number of hydrogen-bond donors (Lipinski definition) is 1. The van der Waals surface area contributed by atoms with Crippen LogP contribution in [-0.4, -0.2) is 34.7 Å². The summed E-state index contributed by atoms with van der Waals surface area (Å²) in [5.74, 6) is 0.304. The predicted molar refractivity (Wildman–Crippen MR) is 56.9 cm³/mol. The Labute approximate surface area is 85.6 Å². The number of quaternary nitrogens is 1. The lowest BCUT2D eigenvalue weighted by Crippen LogP contribution is -2.42. The van der Waals surface area contributed by atoms with E-state index in [-0.39, 0.29) is 0 Å². The Bertz CT molecular complexity index is 295. The minimum Gasteiger partial charge on any atom is -0.506 e. The predicted octanol–water partition coefficient (Wildman–Crippen LogP) is 1.77. The van der Waals surface area contributed by atoms with Crippen LogP contribution in [0.4, 0.5) is 0 Å². The van der Waals surface area contributed by atoms with Crippen molar-refractivity contribution in [2.45, 2.75) is 20.4 Å². The first-order valence-corrected chi connectivity index (χ1v) is 5.07. The molecule has 0 saturated heterocycles. The van der Waals surface area contributed by atoms with Crippen molar-refractivity contribution >= 4 is 0 Å². The maximum Gasteiger partial charge on any atom is 0.142 e. The van der Waals surface area contributed by atoms with Crippen molar-refractivity contribution in [3.63, 3.8) is 0 Å². The van der Waals surface area contributed by atoms with Crippen LogP contribution in [-0.2, 0) is 6.54 Å². The molecule has 0 aliphatic carbocycles. The molecule has 0 aromatic carbocycles. The molecule has 0 amide bonds. The molecule has 3 nitrogen and oxygen atoms in total. The largest absolute Gasteiger partial charge is 0.506 e. The van der Waals surface area contributed by atoms with Gasteiger partial charge in [0.05, 0.1) is 20.1 Å². The normalized spacial score (nSPS) is 11.6. The molecule has 0 radical (unpaired) electrons. The average Bonchev–Trinajstić information content (AvgIpc) is 2.21. The molecule has 1 aromatic heterocycles. The van der Waals surface area contributed by atoms with Crippen LogP contribution in [0.15, 0.2) is 18.3 Å². The summed E-state index contributed by atoms with van der Waals surface area (Å²) in [6, 6.07) is 3.44. The van der Waals surface area contributed by atoms with Gasteiger partial charge in [0, 0.05) is 6.20 Å². The van der Waals surface area contributed by atoms with Crippen LogP contribution in [0.25, 0.3) is 0 Å². The van der Waals surface area contributed by atoms with Crippen molar-refractivity contribution in [1.82, 2.24) is 4.98 Å². The fraction of sp³-hybridized carbons (Fsp3) is 0.545. The molecule has 1 aromatic rings. The summed E-state index contributed by atoms with van der Waals surface area (Å²) >= 11 is 0. The maximum absolute atomic E-state index is 9.59. The zero-order chi connectivity index (χ0) is 10.6. The van der Waals surface area contributed by atoms with E-state index in [1.54, 1.807) is 18.3 Å². The van der Waals surface area contributed by atoms with Gasteiger partial charge >= 0.3 is 0 Å². The van der Waals surface area contributed by atoms with Gasteiger partial charge in [0.15, 0.2) is 0 Å². The number of aromatic hydroxyl groups is 1. The van der Waals surface area contributed by atoms with Gasteiger partial charge in [-0.2, -0.15) is 0 Å². The molecule has 0 bridgehead atoms. The Hall–Kier alpha value is -1.09. The summed E-state index contributed by atoms with van der Waals surface area (Å²) in [5.41, 5.74) is 0.790. The van der Waals surface area contributed by atoms with E-state index in [0.717, 1.165) is 29.8 Å². The number of nitrogens with zero attached hydrogens (tertiary/aromatic N) is 2. The first-order chi connectivity index (χ1) is 6.61. The standard InChI is InChI=1S/C11H18N2O/c1-4-13(3,5-2)9-10-11(14)7-6-8-12-10/h6-8H,4-5,9H2,1-3H3/p+1. The minimum atomic E-state index is 0.304. The van der Waals surface area contributed by atoms with Crippen molar-refractivity contribution in [2.24, 2.45) is 0 Å².